The SMILES string of the molecule is CC(C)N(C(C)C)C(C)(C)C.CCCN(CCC)C(C)(C)C.CCN(CC)C(C)(C)C.CN(C)C(C)(C)C.CN(C1CCC1)C(C)(C)C.CN(C1CCCC1)C(C)(C)C.CN(C1CCCCC1)C(C)(C)C. The monoisotopic (exact) mass is 1010 g/mol. The maximum absolute atomic E-state index is 2.55. The van der Waals surface area contributed by atoms with E-state index >= 15 is 0 Å². The summed E-state index contributed by atoms with van der Waals surface area (Å²) in [4.78, 5) is 17.3. The van der Waals surface area contributed by atoms with Gasteiger partial charge in [-0.2, -0.15) is 0 Å². The standard InChI is InChI=1S/C11H23N.C10H21N.2C10H23N.C9H19N.C8H19N.C6H15N/c1-11(2,3)12(4)10-8-6-5-7-9-10;1-10(2,3)11(4)9-7-5-6-8-9;1-8(2)11(9(3)4)10(5,6)7;1-6-8-11(9-7-2)10(3,4)5;1-9(2,3)10(4)8-6-5-7-8;1-6-9(7-2)8(3,4)5;1-6(2,3)7(4)5/h10H,5-9H2,1-4H3;9H,5-8H2,1-4H3;8-9H,1-7H3;6-9H2,1-5H3;8H,5-7H2,1-4H3;6-7H2,1-5H3;1-5H3. The van der Waals surface area contributed by atoms with Crippen molar-refractivity contribution in [1.82, 2.24) is 34.3 Å². The van der Waals surface area contributed by atoms with Crippen LogP contribution in [0.25, 0.3) is 0 Å². The van der Waals surface area contributed by atoms with E-state index in [2.05, 4.69) is 270 Å². The number of hydrogen-bond donors (Lipinski definition) is 0. The molecule has 0 heterocycles. The van der Waals surface area contributed by atoms with Crippen LogP contribution in [-0.2, 0) is 0 Å². The van der Waals surface area contributed by atoms with Crippen LogP contribution in [0.4, 0.5) is 0 Å². The van der Waals surface area contributed by atoms with Crippen molar-refractivity contribution in [3.05, 3.63) is 0 Å². The molecule has 0 bridgehead atoms. The minimum atomic E-state index is 0.294. The minimum Gasteiger partial charge on any atom is -0.305 e. The van der Waals surface area contributed by atoms with Crippen molar-refractivity contribution in [3.63, 3.8) is 0 Å². The molecule has 0 spiro atoms. The summed E-state index contributed by atoms with van der Waals surface area (Å²) in [5.41, 5.74) is 2.40. The molecule has 0 radical (unpaired) electrons. The molecule has 7 heteroatoms. The molecule has 3 saturated carbocycles. The molecular weight excluding hydrogens is 867 g/mol. The van der Waals surface area contributed by atoms with E-state index in [-0.39, 0.29) is 0 Å². The van der Waals surface area contributed by atoms with Gasteiger partial charge < -0.3 is 4.90 Å². The zero-order valence-corrected chi connectivity index (χ0v) is 56.2. The molecule has 3 rings (SSSR count). The second kappa shape index (κ2) is 35.9. The van der Waals surface area contributed by atoms with Gasteiger partial charge in [-0.25, -0.2) is 0 Å². The summed E-state index contributed by atoms with van der Waals surface area (Å²) >= 11 is 0. The predicted octanol–water partition coefficient (Wildman–Crippen LogP) is 17.3. The van der Waals surface area contributed by atoms with Crippen molar-refractivity contribution < 1.29 is 0 Å². The summed E-state index contributed by atoms with van der Waals surface area (Å²) < 4.78 is 0. The number of nitrogens with zero attached hydrogens (tertiary/aromatic N) is 7. The van der Waals surface area contributed by atoms with Gasteiger partial charge in [0.2, 0.25) is 0 Å². The molecule has 3 fully saturated rings. The van der Waals surface area contributed by atoms with Crippen molar-refractivity contribution >= 4 is 0 Å². The molecule has 0 aliphatic heterocycles. The van der Waals surface area contributed by atoms with Gasteiger partial charge in [0.1, 0.15) is 0 Å². The average molecular weight is 1010 g/mol. The van der Waals surface area contributed by atoms with E-state index in [0.29, 0.717) is 50.9 Å². The Morgan fingerprint density at radius 3 is 0.676 bits per heavy atom. The van der Waals surface area contributed by atoms with Crippen LogP contribution in [0, 0.1) is 0 Å². The van der Waals surface area contributed by atoms with E-state index in [1.165, 1.54) is 103 Å². The van der Waals surface area contributed by atoms with E-state index in [4.69, 9.17) is 0 Å². The van der Waals surface area contributed by atoms with Crippen LogP contribution in [0.1, 0.15) is 291 Å². The van der Waals surface area contributed by atoms with Crippen LogP contribution in [0.3, 0.4) is 0 Å². The lowest BCUT2D eigenvalue weighted by Crippen LogP contribution is -2.49. The molecule has 3 aliphatic carbocycles. The van der Waals surface area contributed by atoms with Gasteiger partial charge in [0, 0.05) is 69.0 Å². The second-order valence-electron chi connectivity index (χ2n) is 29.5. The Labute approximate surface area is 453 Å². The first kappa shape index (κ1) is 77.2. The molecule has 7 nitrogen and oxygen atoms in total. The van der Waals surface area contributed by atoms with Gasteiger partial charge in [-0.05, 0) is 286 Å². The van der Waals surface area contributed by atoms with Crippen LogP contribution in [-0.4, -0.2) is 165 Å². The summed E-state index contributed by atoms with van der Waals surface area (Å²) in [5.74, 6) is 0. The van der Waals surface area contributed by atoms with E-state index < -0.39 is 0 Å². The summed E-state index contributed by atoms with van der Waals surface area (Å²) in [6, 6.07) is 3.85. The predicted molar refractivity (Wildman–Crippen MR) is 329 cm³/mol. The number of hydrogen-bond acceptors (Lipinski definition) is 7. The van der Waals surface area contributed by atoms with Crippen molar-refractivity contribution in [1.29, 1.82) is 0 Å². The van der Waals surface area contributed by atoms with Gasteiger partial charge in [-0.15, -0.1) is 0 Å². The Morgan fingerprint density at radius 2 is 0.563 bits per heavy atom. The van der Waals surface area contributed by atoms with Gasteiger partial charge in [-0.1, -0.05) is 66.2 Å². The van der Waals surface area contributed by atoms with E-state index in [0.717, 1.165) is 31.2 Å². The normalized spacial score (nSPS) is 16.9. The molecular formula is C64H143N7. The zero-order valence-electron chi connectivity index (χ0n) is 56.2. The van der Waals surface area contributed by atoms with Crippen LogP contribution in [0.15, 0.2) is 0 Å². The third-order valence-corrected chi connectivity index (χ3v) is 15.7. The molecule has 0 unspecified atom stereocenters. The summed E-state index contributed by atoms with van der Waals surface area (Å²) in [6.45, 7) is 70.3. The second-order valence-corrected chi connectivity index (χ2v) is 29.5. The van der Waals surface area contributed by atoms with Crippen molar-refractivity contribution in [3.8, 4) is 0 Å². The summed E-state index contributed by atoms with van der Waals surface area (Å²) in [5, 5.41) is 0. The lowest BCUT2D eigenvalue weighted by Gasteiger charge is -2.43. The van der Waals surface area contributed by atoms with Crippen molar-refractivity contribution in [2.24, 2.45) is 0 Å². The summed E-state index contributed by atoms with van der Waals surface area (Å²) in [6.07, 6.45) is 19.6. The van der Waals surface area contributed by atoms with Gasteiger partial charge in [-0.3, -0.25) is 29.4 Å². The lowest BCUT2D eigenvalue weighted by atomic mass is 9.88. The fourth-order valence-corrected chi connectivity index (χ4v) is 9.82. The third kappa shape index (κ3) is 37.2. The molecule has 3 aliphatic rings. The fraction of sp³-hybridized carbons (Fsp3) is 1.00. The largest absolute Gasteiger partial charge is 0.305 e. The zero-order chi connectivity index (χ0) is 57.2. The van der Waals surface area contributed by atoms with E-state index in [1.807, 2.05) is 0 Å². The first-order valence-corrected chi connectivity index (χ1v) is 29.9. The smallest absolute Gasteiger partial charge is 0.0130 e. The van der Waals surface area contributed by atoms with Crippen LogP contribution < -0.4 is 0 Å². The van der Waals surface area contributed by atoms with Gasteiger partial charge in [0.25, 0.3) is 0 Å². The highest BCUT2D eigenvalue weighted by molar-refractivity contribution is 4.86. The Morgan fingerprint density at radius 1 is 0.324 bits per heavy atom. The highest BCUT2D eigenvalue weighted by Crippen LogP contribution is 2.30. The molecule has 0 aromatic carbocycles. The molecule has 0 N–H and O–H groups in total. The van der Waals surface area contributed by atoms with Crippen molar-refractivity contribution in [2.45, 2.75) is 360 Å². The average Bonchev–Trinajstić information content (AvgIpc) is 3.71. The van der Waals surface area contributed by atoms with Crippen LogP contribution in [0.2, 0.25) is 0 Å². The first-order chi connectivity index (χ1) is 31.8. The van der Waals surface area contributed by atoms with E-state index in [1.54, 1.807) is 0 Å². The highest BCUT2D eigenvalue weighted by atomic mass is 15.2. The molecule has 0 saturated heterocycles. The lowest BCUT2D eigenvalue weighted by molar-refractivity contribution is 0.0641. The molecule has 0 atom stereocenters. The van der Waals surface area contributed by atoms with Gasteiger partial charge in [0.05, 0.1) is 0 Å². The Balaban J connectivity index is -0.000000371. The van der Waals surface area contributed by atoms with Gasteiger partial charge in [0.15, 0.2) is 0 Å². The topological polar surface area (TPSA) is 22.7 Å². The maximum atomic E-state index is 2.55. The highest BCUT2D eigenvalue weighted by Gasteiger charge is 2.30. The maximum Gasteiger partial charge on any atom is 0.0130 e. The number of rotatable bonds is 11. The van der Waals surface area contributed by atoms with Crippen LogP contribution >= 0.6 is 0 Å². The van der Waals surface area contributed by atoms with E-state index in [9.17, 15) is 0 Å². The Hall–Kier alpha value is -0.280. The summed E-state index contributed by atoms with van der Waals surface area (Å²) in [7, 11) is 10.9. The van der Waals surface area contributed by atoms with Crippen LogP contribution in [0.5, 0.6) is 0 Å². The van der Waals surface area contributed by atoms with Crippen molar-refractivity contribution in [2.75, 3.05) is 61.4 Å². The van der Waals surface area contributed by atoms with Gasteiger partial charge >= 0.3 is 0 Å². The first-order valence-electron chi connectivity index (χ1n) is 29.9. The third-order valence-electron chi connectivity index (χ3n) is 15.7. The Kier molecular flexibility index (Phi) is 39.1. The minimum absolute atomic E-state index is 0.294. The Bertz CT molecular complexity index is 1180. The molecule has 434 valence electrons. The fourth-order valence-electron chi connectivity index (χ4n) is 9.82. The molecule has 71 heavy (non-hydrogen) atoms. The quantitative estimate of drug-likeness (QED) is 0.203. The molecule has 0 amide bonds. The molecule has 0 aromatic heterocycles. The molecule has 0 aromatic rings.